The van der Waals surface area contributed by atoms with Gasteiger partial charge >= 0.3 is 0 Å². The topological polar surface area (TPSA) is 153 Å². The van der Waals surface area contributed by atoms with E-state index in [1.807, 2.05) is 24.3 Å². The van der Waals surface area contributed by atoms with Gasteiger partial charge in [-0.15, -0.1) is 0 Å². The van der Waals surface area contributed by atoms with Crippen molar-refractivity contribution in [3.05, 3.63) is 88.6 Å². The largest absolute Gasteiger partial charge is 0.484 e. The van der Waals surface area contributed by atoms with Crippen LogP contribution in [0.1, 0.15) is 17.0 Å². The maximum absolute atomic E-state index is 11.0. The molecule has 0 aromatic heterocycles. The Morgan fingerprint density at radius 1 is 1.09 bits per heavy atom. The molecule has 0 unspecified atom stereocenters. The normalized spacial score (nSPS) is 21.0. The summed E-state index contributed by atoms with van der Waals surface area (Å²) in [6.07, 6.45) is 1.98. The molecular weight excluding hydrogens is 440 g/mol. The second-order valence-electron chi connectivity index (χ2n) is 8.68. The number of carbonyl (C=O) groups is 1. The lowest BCUT2D eigenvalue weighted by molar-refractivity contribution is -0.119. The number of nitrogens with two attached hydrogens (primary N) is 2. The molecule has 0 fully saturated rings. The van der Waals surface area contributed by atoms with E-state index in [2.05, 4.69) is 35.2 Å². The minimum absolute atomic E-state index is 0.0111. The van der Waals surface area contributed by atoms with Crippen molar-refractivity contribution in [3.8, 4) is 24.0 Å². The molecule has 4 rings (SSSR count). The molecule has 174 valence electrons. The molecule has 0 saturated carbocycles. The predicted molar refractivity (Wildman–Crippen MR) is 128 cm³/mol. The van der Waals surface area contributed by atoms with Crippen molar-refractivity contribution < 1.29 is 9.53 Å². The molecule has 1 aliphatic heterocycles. The fourth-order valence-electron chi connectivity index (χ4n) is 5.01. The van der Waals surface area contributed by atoms with E-state index < -0.39 is 17.2 Å². The van der Waals surface area contributed by atoms with E-state index in [-0.39, 0.29) is 23.8 Å². The Hall–Kier alpha value is -4.58. The van der Waals surface area contributed by atoms with Crippen molar-refractivity contribution in [2.24, 2.45) is 22.8 Å². The van der Waals surface area contributed by atoms with Crippen LogP contribution in [0.4, 0.5) is 0 Å². The molecule has 8 heteroatoms. The fraction of sp³-hybridized carbons (Fsp3) is 0.259. The highest BCUT2D eigenvalue weighted by atomic mass is 16.5. The Morgan fingerprint density at radius 2 is 1.77 bits per heavy atom. The van der Waals surface area contributed by atoms with Crippen molar-refractivity contribution in [2.75, 3.05) is 19.7 Å². The van der Waals surface area contributed by atoms with Crippen molar-refractivity contribution in [1.82, 2.24) is 4.90 Å². The highest BCUT2D eigenvalue weighted by Crippen LogP contribution is 2.54. The van der Waals surface area contributed by atoms with Gasteiger partial charge in [0.15, 0.2) is 12.0 Å². The molecule has 0 saturated heterocycles. The lowest BCUT2D eigenvalue weighted by atomic mass is 9.58. The number of carbonyl (C=O) groups excluding carboxylic acids is 1. The molecule has 0 bridgehead atoms. The molecule has 0 radical (unpaired) electrons. The van der Waals surface area contributed by atoms with E-state index in [1.165, 1.54) is 0 Å². The van der Waals surface area contributed by atoms with Crippen molar-refractivity contribution in [2.45, 2.75) is 12.5 Å². The van der Waals surface area contributed by atoms with Crippen LogP contribution >= 0.6 is 0 Å². The van der Waals surface area contributed by atoms with E-state index >= 15 is 0 Å². The minimum atomic E-state index is -1.71. The monoisotopic (exact) mass is 464 g/mol. The van der Waals surface area contributed by atoms with Gasteiger partial charge < -0.3 is 16.2 Å². The first-order valence-corrected chi connectivity index (χ1v) is 11.1. The quantitative estimate of drug-likeness (QED) is 0.666. The zero-order valence-corrected chi connectivity index (χ0v) is 19.0. The maximum atomic E-state index is 11.0. The molecule has 0 spiro atoms. The van der Waals surface area contributed by atoms with Crippen LogP contribution in [0.25, 0.3) is 0 Å². The summed E-state index contributed by atoms with van der Waals surface area (Å²) in [4.78, 5) is 13.3. The smallest absolute Gasteiger partial charge is 0.255 e. The first-order valence-electron chi connectivity index (χ1n) is 11.1. The number of hydrogen-bond donors (Lipinski definition) is 2. The Bertz CT molecular complexity index is 1290. The first kappa shape index (κ1) is 23.6. The van der Waals surface area contributed by atoms with E-state index in [0.717, 1.165) is 16.7 Å². The summed E-state index contributed by atoms with van der Waals surface area (Å²) in [6.45, 7) is 1.61. The van der Waals surface area contributed by atoms with E-state index in [0.29, 0.717) is 25.4 Å². The Labute approximate surface area is 203 Å². The molecule has 2 aromatic rings. The van der Waals surface area contributed by atoms with Crippen LogP contribution in [0, 0.1) is 45.3 Å². The fourth-order valence-corrected chi connectivity index (χ4v) is 5.01. The first-order chi connectivity index (χ1) is 16.9. The van der Waals surface area contributed by atoms with Crippen molar-refractivity contribution >= 4 is 5.91 Å². The van der Waals surface area contributed by atoms with Crippen LogP contribution in [0.3, 0.4) is 0 Å². The summed E-state index contributed by atoms with van der Waals surface area (Å²) >= 11 is 0. The second kappa shape index (κ2) is 9.73. The SMILES string of the molecule is N#CC1=C(N)C(C#N)(C#N)[C@@H](c2ccc(OCC(N)=O)cc2)[C@H]2CN(Cc3ccccc3)CC=C12. The lowest BCUT2D eigenvalue weighted by Gasteiger charge is -2.45. The van der Waals surface area contributed by atoms with Crippen LogP contribution in [0.15, 0.2) is 77.5 Å². The van der Waals surface area contributed by atoms with Gasteiger partial charge in [0.05, 0.1) is 23.4 Å². The summed E-state index contributed by atoms with van der Waals surface area (Å²) in [5.74, 6) is -1.06. The van der Waals surface area contributed by atoms with Crippen LogP contribution < -0.4 is 16.2 Å². The minimum Gasteiger partial charge on any atom is -0.484 e. The molecule has 2 atom stereocenters. The summed E-state index contributed by atoms with van der Waals surface area (Å²) in [5, 5.41) is 30.4. The molecular formula is C27H24N6O2. The van der Waals surface area contributed by atoms with Gasteiger partial charge in [0.25, 0.3) is 5.91 Å². The molecule has 1 aliphatic carbocycles. The van der Waals surface area contributed by atoms with Crippen LogP contribution in [0.2, 0.25) is 0 Å². The highest BCUT2D eigenvalue weighted by molar-refractivity contribution is 5.75. The number of allylic oxidation sites excluding steroid dienone is 2. The highest BCUT2D eigenvalue weighted by Gasteiger charge is 2.54. The Balaban J connectivity index is 1.77. The number of fused-ring (bicyclic) bond motifs is 1. The molecule has 1 heterocycles. The average Bonchev–Trinajstić information content (AvgIpc) is 2.88. The number of primary amides is 1. The second-order valence-corrected chi connectivity index (χ2v) is 8.68. The van der Waals surface area contributed by atoms with Gasteiger partial charge in [0, 0.05) is 31.5 Å². The number of rotatable bonds is 6. The van der Waals surface area contributed by atoms with Gasteiger partial charge in [-0.1, -0.05) is 48.5 Å². The third-order valence-corrected chi connectivity index (χ3v) is 6.61. The van der Waals surface area contributed by atoms with E-state index in [1.54, 1.807) is 24.3 Å². The van der Waals surface area contributed by atoms with Crippen molar-refractivity contribution in [3.63, 3.8) is 0 Å². The number of amides is 1. The number of ether oxygens (including phenoxy) is 1. The molecule has 1 amide bonds. The van der Waals surface area contributed by atoms with Crippen LogP contribution in [-0.2, 0) is 11.3 Å². The Morgan fingerprint density at radius 3 is 2.37 bits per heavy atom. The van der Waals surface area contributed by atoms with Crippen LogP contribution in [0.5, 0.6) is 5.75 Å². The number of benzene rings is 2. The molecule has 8 nitrogen and oxygen atoms in total. The van der Waals surface area contributed by atoms with Gasteiger partial charge in [0.2, 0.25) is 0 Å². The number of nitrogens with zero attached hydrogens (tertiary/aromatic N) is 4. The van der Waals surface area contributed by atoms with E-state index in [9.17, 15) is 20.6 Å². The van der Waals surface area contributed by atoms with Gasteiger partial charge in [-0.25, -0.2) is 0 Å². The summed E-state index contributed by atoms with van der Waals surface area (Å²) in [7, 11) is 0. The lowest BCUT2D eigenvalue weighted by Crippen LogP contribution is -2.47. The summed E-state index contributed by atoms with van der Waals surface area (Å²) < 4.78 is 5.36. The standard InChI is InChI=1S/C27H24N6O2/c28-12-22-21-10-11-33(13-18-4-2-1-3-5-18)14-23(21)25(27(16-29,17-30)26(22)32)19-6-8-20(9-7-19)35-15-24(31)34/h1-10,23,25H,11,13-15,32H2,(H2,31,34)/t23-,25-/m0/s1. The maximum Gasteiger partial charge on any atom is 0.255 e. The third-order valence-electron chi connectivity index (χ3n) is 6.61. The van der Waals surface area contributed by atoms with Gasteiger partial charge in [-0.3, -0.25) is 9.69 Å². The predicted octanol–water partition coefficient (Wildman–Crippen LogP) is 2.48. The zero-order valence-electron chi connectivity index (χ0n) is 19.0. The molecule has 35 heavy (non-hydrogen) atoms. The summed E-state index contributed by atoms with van der Waals surface area (Å²) in [5.41, 5.74) is 12.7. The van der Waals surface area contributed by atoms with E-state index in [4.69, 9.17) is 16.2 Å². The molecule has 4 N–H and O–H groups in total. The Kier molecular flexibility index (Phi) is 6.55. The van der Waals surface area contributed by atoms with Gasteiger partial charge in [0.1, 0.15) is 11.8 Å². The van der Waals surface area contributed by atoms with Crippen molar-refractivity contribution in [1.29, 1.82) is 15.8 Å². The number of hydrogen-bond acceptors (Lipinski definition) is 7. The van der Waals surface area contributed by atoms with Gasteiger partial charge in [-0.2, -0.15) is 15.8 Å². The third kappa shape index (κ3) is 4.34. The number of nitriles is 3. The average molecular weight is 465 g/mol. The van der Waals surface area contributed by atoms with Gasteiger partial charge in [-0.05, 0) is 28.8 Å². The zero-order chi connectivity index (χ0) is 25.0. The van der Waals surface area contributed by atoms with Crippen LogP contribution in [-0.4, -0.2) is 30.5 Å². The molecule has 2 aliphatic rings. The molecule has 2 aromatic carbocycles. The summed E-state index contributed by atoms with van der Waals surface area (Å²) in [6, 6.07) is 23.4.